The molecule has 216 valence electrons. The van der Waals surface area contributed by atoms with Gasteiger partial charge in [-0.3, -0.25) is 19.2 Å². The zero-order valence-electron chi connectivity index (χ0n) is 22.8. The SMILES string of the molecule is O=C(Nc1ccc(SC(C(=O)Nc2cccc3c2C(=O)c2ccccc2C3=O)c2ccccc2)cc1)c1ccc(Cl)cc1Cl. The summed E-state index contributed by atoms with van der Waals surface area (Å²) in [6.45, 7) is 0. The maximum Gasteiger partial charge on any atom is 0.257 e. The Labute approximate surface area is 267 Å². The van der Waals surface area contributed by atoms with Gasteiger partial charge in [0.2, 0.25) is 5.91 Å². The van der Waals surface area contributed by atoms with Gasteiger partial charge in [-0.25, -0.2) is 0 Å². The Hall–Kier alpha value is -4.69. The van der Waals surface area contributed by atoms with Crippen LogP contribution in [0.2, 0.25) is 10.0 Å². The number of carbonyl (C=O) groups excluding carboxylic acids is 4. The van der Waals surface area contributed by atoms with Crippen LogP contribution >= 0.6 is 35.0 Å². The maximum atomic E-state index is 13.9. The molecule has 0 saturated heterocycles. The predicted octanol–water partition coefficient (Wildman–Crippen LogP) is 8.49. The van der Waals surface area contributed by atoms with Crippen LogP contribution in [0.15, 0.2) is 120 Å². The minimum atomic E-state index is -0.693. The Morgan fingerprint density at radius 3 is 2.02 bits per heavy atom. The molecule has 0 saturated carbocycles. The smallest absolute Gasteiger partial charge is 0.257 e. The van der Waals surface area contributed by atoms with Gasteiger partial charge in [-0.15, -0.1) is 11.8 Å². The fraction of sp³-hybridized carbons (Fsp3) is 0.0286. The number of fused-ring (bicyclic) bond motifs is 2. The molecule has 9 heteroatoms. The number of hydrogen-bond acceptors (Lipinski definition) is 5. The summed E-state index contributed by atoms with van der Waals surface area (Å²) in [5, 5.41) is 5.72. The van der Waals surface area contributed by atoms with Crippen molar-refractivity contribution in [1.29, 1.82) is 0 Å². The molecular weight excluding hydrogens is 615 g/mol. The van der Waals surface area contributed by atoms with Gasteiger partial charge in [0.1, 0.15) is 5.25 Å². The van der Waals surface area contributed by atoms with Crippen LogP contribution in [-0.2, 0) is 4.79 Å². The first-order valence-electron chi connectivity index (χ1n) is 13.5. The number of carbonyl (C=O) groups is 4. The Morgan fingerprint density at radius 1 is 0.659 bits per heavy atom. The molecule has 1 unspecified atom stereocenters. The highest BCUT2D eigenvalue weighted by Crippen LogP contribution is 2.38. The minimum absolute atomic E-state index is 0.183. The molecule has 1 aliphatic rings. The number of rotatable bonds is 7. The van der Waals surface area contributed by atoms with Crippen LogP contribution < -0.4 is 10.6 Å². The van der Waals surface area contributed by atoms with E-state index in [1.807, 2.05) is 30.3 Å². The molecule has 0 heterocycles. The maximum absolute atomic E-state index is 13.9. The van der Waals surface area contributed by atoms with Crippen molar-refractivity contribution in [1.82, 2.24) is 0 Å². The number of thioether (sulfide) groups is 1. The third-order valence-corrected chi connectivity index (χ3v) is 8.91. The van der Waals surface area contributed by atoms with E-state index in [9.17, 15) is 19.2 Å². The molecule has 0 aliphatic heterocycles. The summed E-state index contributed by atoms with van der Waals surface area (Å²) in [6, 6.07) is 32.6. The van der Waals surface area contributed by atoms with Gasteiger partial charge >= 0.3 is 0 Å². The third kappa shape index (κ3) is 5.90. The highest BCUT2D eigenvalue weighted by atomic mass is 35.5. The summed E-state index contributed by atoms with van der Waals surface area (Å²) in [4.78, 5) is 54.0. The van der Waals surface area contributed by atoms with Gasteiger partial charge in [-0.1, -0.05) is 89.9 Å². The molecule has 5 aromatic carbocycles. The van der Waals surface area contributed by atoms with Gasteiger partial charge < -0.3 is 10.6 Å². The summed E-state index contributed by atoms with van der Waals surface area (Å²) in [7, 11) is 0. The van der Waals surface area contributed by atoms with Crippen LogP contribution in [-0.4, -0.2) is 23.4 Å². The van der Waals surface area contributed by atoms with E-state index < -0.39 is 5.25 Å². The standard InChI is InChI=1S/C35H22Cl2N2O4S/c36-21-13-18-26(28(37)19-21)34(42)38-22-14-16-23(17-15-22)44-33(20-7-2-1-3-8-20)35(43)39-29-12-6-11-27-30(29)32(41)25-10-5-4-9-24(25)31(27)40/h1-19,33H,(H,38,42)(H,39,43). The minimum Gasteiger partial charge on any atom is -0.324 e. The molecule has 0 fully saturated rings. The zero-order chi connectivity index (χ0) is 30.8. The molecule has 1 atom stereocenters. The predicted molar refractivity (Wildman–Crippen MR) is 174 cm³/mol. The van der Waals surface area contributed by atoms with Crippen molar-refractivity contribution in [2.24, 2.45) is 0 Å². The molecule has 0 radical (unpaired) electrons. The zero-order valence-corrected chi connectivity index (χ0v) is 25.2. The normalized spacial score (nSPS) is 12.6. The molecule has 6 nitrogen and oxygen atoms in total. The van der Waals surface area contributed by atoms with E-state index in [2.05, 4.69) is 10.6 Å². The molecule has 0 aromatic heterocycles. The van der Waals surface area contributed by atoms with Crippen LogP contribution in [0, 0.1) is 0 Å². The number of hydrogen-bond donors (Lipinski definition) is 2. The summed E-state index contributed by atoms with van der Waals surface area (Å²) in [5.41, 5.74) is 2.97. The average molecular weight is 638 g/mol. The van der Waals surface area contributed by atoms with E-state index >= 15 is 0 Å². The molecule has 44 heavy (non-hydrogen) atoms. The van der Waals surface area contributed by atoms with Crippen molar-refractivity contribution in [3.05, 3.63) is 159 Å². The van der Waals surface area contributed by atoms with E-state index in [1.54, 1.807) is 78.9 Å². The van der Waals surface area contributed by atoms with Crippen molar-refractivity contribution in [3.63, 3.8) is 0 Å². The van der Waals surface area contributed by atoms with Gasteiger partial charge in [-0.05, 0) is 54.1 Å². The van der Waals surface area contributed by atoms with E-state index in [1.165, 1.54) is 17.8 Å². The molecule has 2 N–H and O–H groups in total. The molecule has 0 spiro atoms. The van der Waals surface area contributed by atoms with Gasteiger partial charge in [0.05, 0.1) is 21.8 Å². The monoisotopic (exact) mass is 636 g/mol. The molecule has 2 amide bonds. The average Bonchev–Trinajstić information content (AvgIpc) is 3.03. The van der Waals surface area contributed by atoms with E-state index in [0.29, 0.717) is 27.4 Å². The second-order valence-corrected chi connectivity index (χ2v) is 12.0. The Balaban J connectivity index is 1.24. The quantitative estimate of drug-likeness (QED) is 0.171. The molecule has 0 bridgehead atoms. The first-order valence-corrected chi connectivity index (χ1v) is 15.1. The summed E-state index contributed by atoms with van der Waals surface area (Å²) < 4.78 is 0. The number of amides is 2. The topological polar surface area (TPSA) is 92.3 Å². The lowest BCUT2D eigenvalue weighted by atomic mass is 9.83. The Morgan fingerprint density at radius 2 is 1.32 bits per heavy atom. The van der Waals surface area contributed by atoms with Gasteiger partial charge in [0.15, 0.2) is 11.6 Å². The molecular formula is C35H22Cl2N2O4S. The lowest BCUT2D eigenvalue weighted by Crippen LogP contribution is -2.25. The number of halogens is 2. The number of nitrogens with one attached hydrogen (secondary N) is 2. The summed E-state index contributed by atoms with van der Waals surface area (Å²) >= 11 is 13.4. The van der Waals surface area contributed by atoms with Crippen molar-refractivity contribution in [2.45, 2.75) is 10.1 Å². The number of ketones is 2. The van der Waals surface area contributed by atoms with Crippen molar-refractivity contribution < 1.29 is 19.2 Å². The summed E-state index contributed by atoms with van der Waals surface area (Å²) in [5.74, 6) is -1.31. The van der Waals surface area contributed by atoms with Crippen molar-refractivity contribution in [2.75, 3.05) is 10.6 Å². The number of anilines is 2. The van der Waals surface area contributed by atoms with Gasteiger partial charge in [0.25, 0.3) is 5.91 Å². The largest absolute Gasteiger partial charge is 0.324 e. The third-order valence-electron chi connectivity index (χ3n) is 7.09. The van der Waals surface area contributed by atoms with Crippen LogP contribution in [0.1, 0.15) is 53.0 Å². The van der Waals surface area contributed by atoms with Crippen molar-refractivity contribution >= 4 is 69.7 Å². The van der Waals surface area contributed by atoms with Crippen molar-refractivity contribution in [3.8, 4) is 0 Å². The summed E-state index contributed by atoms with van der Waals surface area (Å²) in [6.07, 6.45) is 0. The highest BCUT2D eigenvalue weighted by Gasteiger charge is 2.32. The first kappa shape index (κ1) is 29.4. The van der Waals surface area contributed by atoms with Crippen LogP contribution in [0.25, 0.3) is 0 Å². The first-order chi connectivity index (χ1) is 21.3. The molecule has 1 aliphatic carbocycles. The Kier molecular flexibility index (Phi) is 8.35. The van der Waals surface area contributed by atoms with E-state index in [-0.39, 0.29) is 45.2 Å². The van der Waals surface area contributed by atoms with Crippen LogP contribution in [0.5, 0.6) is 0 Å². The molecule has 6 rings (SSSR count). The second-order valence-electron chi connectivity index (χ2n) is 9.93. The van der Waals surface area contributed by atoms with E-state index in [0.717, 1.165) is 10.5 Å². The van der Waals surface area contributed by atoms with Gasteiger partial charge in [0, 0.05) is 32.3 Å². The fourth-order valence-electron chi connectivity index (χ4n) is 4.97. The second kappa shape index (κ2) is 12.5. The van der Waals surface area contributed by atoms with Crippen LogP contribution in [0.3, 0.4) is 0 Å². The fourth-order valence-corrected chi connectivity index (χ4v) is 6.49. The number of benzene rings is 5. The Bertz CT molecular complexity index is 1950. The van der Waals surface area contributed by atoms with Crippen LogP contribution in [0.4, 0.5) is 11.4 Å². The molecule has 5 aromatic rings. The van der Waals surface area contributed by atoms with Gasteiger partial charge in [-0.2, -0.15) is 0 Å². The van der Waals surface area contributed by atoms with E-state index in [4.69, 9.17) is 23.2 Å². The lowest BCUT2D eigenvalue weighted by molar-refractivity contribution is -0.115. The lowest BCUT2D eigenvalue weighted by Gasteiger charge is -2.22. The highest BCUT2D eigenvalue weighted by molar-refractivity contribution is 8.00.